The van der Waals surface area contributed by atoms with E-state index in [2.05, 4.69) is 83.9 Å². The zero-order valence-corrected chi connectivity index (χ0v) is 42.0. The van der Waals surface area contributed by atoms with Crippen molar-refractivity contribution in [3.63, 3.8) is 0 Å². The Morgan fingerprint density at radius 3 is 2.33 bits per heavy atom. The van der Waals surface area contributed by atoms with E-state index in [9.17, 15) is 19.3 Å². The summed E-state index contributed by atoms with van der Waals surface area (Å²) in [6.45, 7) is 9.45. The number of piperidine rings is 2. The molecule has 0 spiro atoms. The number of halogens is 3. The van der Waals surface area contributed by atoms with Crippen molar-refractivity contribution in [2.75, 3.05) is 92.2 Å². The molecule has 366 valence electrons. The molecule has 1 atom stereocenters. The maximum Gasteiger partial charge on any atom is 0.234 e. The van der Waals surface area contributed by atoms with Gasteiger partial charge in [-0.1, -0.05) is 6.92 Å². The topological polar surface area (TPSA) is 168 Å². The molecule has 3 aromatic carbocycles. The molecule has 5 aliphatic rings. The van der Waals surface area contributed by atoms with E-state index in [4.69, 9.17) is 14.7 Å². The number of allylic oxidation sites excluding steroid dienone is 2. The molecular weight excluding hydrogens is 981 g/mol. The number of nitrogens with zero attached hydrogens (tertiary/aromatic N) is 7. The summed E-state index contributed by atoms with van der Waals surface area (Å²) in [5.41, 5.74) is 5.62. The van der Waals surface area contributed by atoms with Gasteiger partial charge < -0.3 is 30.1 Å². The van der Waals surface area contributed by atoms with E-state index in [1.54, 1.807) is 18.2 Å². The average Bonchev–Trinajstić information content (AvgIpc) is 3.79. The normalized spacial score (nSPS) is 19.9. The highest BCUT2D eigenvalue weighted by Crippen LogP contribution is 2.59. The van der Waals surface area contributed by atoms with E-state index in [1.165, 1.54) is 17.7 Å². The Hall–Kier alpha value is -5.81. The van der Waals surface area contributed by atoms with Crippen molar-refractivity contribution in [3.8, 4) is 5.75 Å². The lowest BCUT2D eigenvalue weighted by molar-refractivity contribution is -0.138. The van der Waals surface area contributed by atoms with Crippen molar-refractivity contribution in [1.82, 2.24) is 30.1 Å². The number of piperazine rings is 1. The summed E-state index contributed by atoms with van der Waals surface area (Å²) < 4.78 is 37.0. The molecule has 2 aromatic heterocycles. The van der Waals surface area contributed by atoms with Gasteiger partial charge >= 0.3 is 0 Å². The number of ether oxygens (including phenoxy) is 1. The monoisotopic (exact) mass is 1040 g/mol. The van der Waals surface area contributed by atoms with Crippen LogP contribution in [-0.2, 0) is 20.8 Å². The maximum absolute atomic E-state index is 15.2. The molecule has 70 heavy (non-hydrogen) atoms. The summed E-state index contributed by atoms with van der Waals surface area (Å²) in [4.78, 5) is 72.3. The van der Waals surface area contributed by atoms with Crippen LogP contribution in [0.4, 0.5) is 43.3 Å². The van der Waals surface area contributed by atoms with Gasteiger partial charge in [0.15, 0.2) is 18.6 Å². The number of hydrogen-bond donors (Lipinski definition) is 4. The zero-order chi connectivity index (χ0) is 48.8. The highest BCUT2D eigenvalue weighted by molar-refractivity contribution is 9.10. The van der Waals surface area contributed by atoms with Gasteiger partial charge in [0.25, 0.3) is 0 Å². The van der Waals surface area contributed by atoms with E-state index in [0.29, 0.717) is 72.2 Å². The molecule has 0 radical (unpaired) electrons. The molecule has 4 fully saturated rings. The lowest BCUT2D eigenvalue weighted by Gasteiger charge is -2.46. The first-order valence-electron chi connectivity index (χ1n) is 24.1. The number of hydrogen-bond acceptors (Lipinski definition) is 13. The number of aromatic nitrogens is 3. The standard InChI is InChI=1S/C51H56BrF2N10O5P/c1-4-31-23-42(58-51-55-27-37(52)48(60-51)57-41-11-10-40-35(8-7-30(2)56-40)47(41)70(68)21-5-6-22-70)44(69-3)26-43(31)62-15-13-33(14-16-62)61-17-19-63(20-18-61)50(67)32-28-64(29-32)34-24-38(53)46(39(54)25-34)36-9-12-45(65)59-49(36)66/h5-8,10-11,23-27,32-33,36,68H,4,9,12-22,28-29H2,1-3H3,(H2-,55,57,58,59,60,65,66)/p+1. The molecule has 15 nitrogen and oxygen atoms in total. The molecule has 4 saturated heterocycles. The SMILES string of the molecule is CCc1cc(Nc2ncc(Br)c(Nc3ccc4nc(C)ccc4c3[P+]3(O)CC=CC3)n2)c(OC)cc1N1CCC(N2CCN(C(=O)C3CN(c4cc(F)c(C5CCC(=O)NC5=O)c(F)c4)C3)CC2)CC1. The molecule has 19 heteroatoms. The molecule has 3 amide bonds. The van der Waals surface area contributed by atoms with Crippen molar-refractivity contribution in [3.05, 3.63) is 99.8 Å². The molecule has 4 N–H and O–H groups in total. The molecular formula is C51H57BrF2N10O5P+. The Bertz CT molecular complexity index is 2870. The first-order valence-corrected chi connectivity index (χ1v) is 27.0. The highest BCUT2D eigenvalue weighted by Gasteiger charge is 2.44. The van der Waals surface area contributed by atoms with Gasteiger partial charge in [-0.25, -0.2) is 18.7 Å². The minimum Gasteiger partial charge on any atom is -0.494 e. The van der Waals surface area contributed by atoms with Crippen molar-refractivity contribution < 1.29 is 32.8 Å². The van der Waals surface area contributed by atoms with Gasteiger partial charge in [0.2, 0.25) is 23.7 Å². The van der Waals surface area contributed by atoms with Crippen LogP contribution in [-0.4, -0.2) is 125 Å². The lowest BCUT2D eigenvalue weighted by atomic mass is 9.89. The van der Waals surface area contributed by atoms with Gasteiger partial charge in [-0.15, -0.1) is 0 Å². The molecule has 0 aliphatic carbocycles. The lowest BCUT2D eigenvalue weighted by Crippen LogP contribution is -2.59. The number of imide groups is 1. The fraction of sp³-hybridized carbons (Fsp3) is 0.412. The first kappa shape index (κ1) is 47.8. The molecule has 5 aromatic rings. The van der Waals surface area contributed by atoms with Crippen molar-refractivity contribution in [2.45, 2.75) is 57.9 Å². The Labute approximate surface area is 414 Å². The summed E-state index contributed by atoms with van der Waals surface area (Å²) in [5.74, 6) is -2.42. The van der Waals surface area contributed by atoms with Crippen LogP contribution in [0.1, 0.15) is 55.3 Å². The second kappa shape index (κ2) is 19.8. The predicted molar refractivity (Wildman–Crippen MR) is 273 cm³/mol. The number of amides is 3. The van der Waals surface area contributed by atoms with E-state index < -0.39 is 36.9 Å². The Morgan fingerprint density at radius 2 is 1.64 bits per heavy atom. The fourth-order valence-corrected chi connectivity index (χ4v) is 13.8. The van der Waals surface area contributed by atoms with Crippen LogP contribution in [0.5, 0.6) is 5.75 Å². The Kier molecular flexibility index (Phi) is 13.5. The predicted octanol–water partition coefficient (Wildman–Crippen LogP) is 7.32. The molecule has 10 rings (SSSR count). The third-order valence-corrected chi connectivity index (χ3v) is 18.1. The fourth-order valence-electron chi connectivity index (χ4n) is 10.8. The van der Waals surface area contributed by atoms with Crippen LogP contribution < -0.4 is 35.8 Å². The van der Waals surface area contributed by atoms with E-state index in [1.807, 2.05) is 30.0 Å². The first-order chi connectivity index (χ1) is 33.8. The Balaban J connectivity index is 0.741. The van der Waals surface area contributed by atoms with E-state index >= 15 is 8.78 Å². The van der Waals surface area contributed by atoms with Gasteiger partial charge in [-0.2, -0.15) is 4.98 Å². The van der Waals surface area contributed by atoms with E-state index in [0.717, 1.165) is 84.4 Å². The smallest absolute Gasteiger partial charge is 0.234 e. The number of carbonyl (C=O) groups is 3. The highest BCUT2D eigenvalue weighted by atomic mass is 79.9. The summed E-state index contributed by atoms with van der Waals surface area (Å²) in [7, 11) is -0.848. The van der Waals surface area contributed by atoms with Gasteiger partial charge in [0.05, 0.1) is 40.3 Å². The number of fused-ring (bicyclic) bond motifs is 1. The quantitative estimate of drug-likeness (QED) is 0.0558. The molecule has 7 heterocycles. The van der Waals surface area contributed by atoms with Gasteiger partial charge in [0, 0.05) is 105 Å². The van der Waals surface area contributed by atoms with Crippen LogP contribution in [0.15, 0.2) is 71.4 Å². The summed E-state index contributed by atoms with van der Waals surface area (Å²) in [5, 5.41) is 10.9. The van der Waals surface area contributed by atoms with Crippen LogP contribution in [0.3, 0.4) is 0 Å². The second-order valence-electron chi connectivity index (χ2n) is 18.9. The van der Waals surface area contributed by atoms with E-state index in [-0.39, 0.29) is 30.2 Å². The number of nitrogens with one attached hydrogen (secondary N) is 3. The zero-order valence-electron chi connectivity index (χ0n) is 39.5. The van der Waals surface area contributed by atoms with Crippen molar-refractivity contribution in [1.29, 1.82) is 0 Å². The van der Waals surface area contributed by atoms with Crippen LogP contribution >= 0.6 is 23.4 Å². The molecule has 5 aliphatic heterocycles. The van der Waals surface area contributed by atoms with Crippen LogP contribution in [0.2, 0.25) is 0 Å². The number of rotatable bonds is 12. The maximum atomic E-state index is 15.2. The third-order valence-electron chi connectivity index (χ3n) is 14.6. The number of anilines is 6. The summed E-state index contributed by atoms with van der Waals surface area (Å²) in [6, 6.07) is 15.1. The van der Waals surface area contributed by atoms with Crippen molar-refractivity contribution in [2.24, 2.45) is 5.92 Å². The molecule has 0 bridgehead atoms. The van der Waals surface area contributed by atoms with Gasteiger partial charge in [-0.05, 0) is 109 Å². The number of methoxy groups -OCH3 is 1. The van der Waals surface area contributed by atoms with Gasteiger partial charge in [-0.3, -0.25) is 29.6 Å². The summed E-state index contributed by atoms with van der Waals surface area (Å²) in [6.07, 6.45) is 9.91. The average molecular weight is 1040 g/mol. The van der Waals surface area contributed by atoms with Crippen molar-refractivity contribution >= 4 is 91.9 Å². The summed E-state index contributed by atoms with van der Waals surface area (Å²) >= 11 is 3.66. The van der Waals surface area contributed by atoms with Gasteiger partial charge in [0.1, 0.15) is 29.7 Å². The third kappa shape index (κ3) is 9.42. The number of carbonyl (C=O) groups excluding carboxylic acids is 3. The molecule has 0 saturated carbocycles. The minimum absolute atomic E-state index is 0.0272. The largest absolute Gasteiger partial charge is 0.494 e. The second-order valence-corrected chi connectivity index (χ2v) is 22.8. The molecule has 1 unspecified atom stereocenters. The van der Waals surface area contributed by atoms with Crippen LogP contribution in [0.25, 0.3) is 10.9 Å². The number of aryl methyl sites for hydroxylation is 2. The number of pyridine rings is 1. The minimum atomic E-state index is -2.51. The number of benzene rings is 3. The Morgan fingerprint density at radius 1 is 0.914 bits per heavy atom. The van der Waals surface area contributed by atoms with Crippen LogP contribution in [0, 0.1) is 24.5 Å².